The van der Waals surface area contributed by atoms with Crippen LogP contribution in [0, 0.1) is 6.92 Å². The fraction of sp³-hybridized carbons (Fsp3) is 0.333. The van der Waals surface area contributed by atoms with Crippen molar-refractivity contribution in [1.82, 2.24) is 15.1 Å². The van der Waals surface area contributed by atoms with Crippen molar-refractivity contribution in [2.75, 3.05) is 45.1 Å². The van der Waals surface area contributed by atoms with Crippen molar-refractivity contribution in [3.05, 3.63) is 77.4 Å². The second-order valence-corrected chi connectivity index (χ2v) is 8.92. The Hall–Kier alpha value is -3.22. The second-order valence-electron chi connectivity index (χ2n) is 8.92. The zero-order valence-electron chi connectivity index (χ0n) is 19.6. The molecular weight excluding hydrogens is 412 g/mol. The second kappa shape index (κ2) is 10.1. The molecule has 1 aliphatic rings. The van der Waals surface area contributed by atoms with Gasteiger partial charge in [0.25, 0.3) is 5.91 Å². The first-order chi connectivity index (χ1) is 15.9. The van der Waals surface area contributed by atoms with E-state index in [4.69, 9.17) is 0 Å². The summed E-state index contributed by atoms with van der Waals surface area (Å²) in [6.07, 6.45) is 0. The van der Waals surface area contributed by atoms with E-state index in [1.165, 1.54) is 0 Å². The van der Waals surface area contributed by atoms with Crippen molar-refractivity contribution in [2.45, 2.75) is 19.9 Å². The quantitative estimate of drug-likeness (QED) is 0.607. The number of carbonyl (C=O) groups is 2. The minimum absolute atomic E-state index is 0.0566. The number of fused-ring (bicyclic) bond motifs is 1. The van der Waals surface area contributed by atoms with Crippen LogP contribution in [0.15, 0.2) is 60.7 Å². The van der Waals surface area contributed by atoms with E-state index in [-0.39, 0.29) is 17.9 Å². The standard InChI is InChI=1S/C27H32N4O2/c1-19-11-12-22(29-26(32)18-31-15-13-30(3)14-16-31)17-25(19)27(33)28-20(2)23-10-6-8-21-7-4-5-9-24(21)23/h4-12,17,20H,13-16,18H2,1-3H3,(H,28,33)(H,29,32)/t20-/m1/s1. The number of benzene rings is 3. The van der Waals surface area contributed by atoms with Gasteiger partial charge >= 0.3 is 0 Å². The number of likely N-dealkylation sites (N-methyl/N-ethyl adjacent to an activating group) is 1. The summed E-state index contributed by atoms with van der Waals surface area (Å²) in [7, 11) is 2.09. The van der Waals surface area contributed by atoms with Crippen LogP contribution in [0.5, 0.6) is 0 Å². The predicted molar refractivity (Wildman–Crippen MR) is 134 cm³/mol. The maximum absolute atomic E-state index is 13.1. The van der Waals surface area contributed by atoms with E-state index in [2.05, 4.69) is 51.7 Å². The van der Waals surface area contributed by atoms with Crippen LogP contribution >= 0.6 is 0 Å². The van der Waals surface area contributed by atoms with Gasteiger partial charge in [0.1, 0.15) is 0 Å². The van der Waals surface area contributed by atoms with E-state index < -0.39 is 0 Å². The summed E-state index contributed by atoms with van der Waals surface area (Å²) in [5, 5.41) is 8.37. The monoisotopic (exact) mass is 444 g/mol. The van der Waals surface area contributed by atoms with Crippen LogP contribution in [0.25, 0.3) is 10.8 Å². The highest BCUT2D eigenvalue weighted by molar-refractivity contribution is 5.99. The molecule has 2 N–H and O–H groups in total. The van der Waals surface area contributed by atoms with Gasteiger partial charge in [-0.25, -0.2) is 0 Å². The Labute approximate surface area is 195 Å². The van der Waals surface area contributed by atoms with Crippen molar-refractivity contribution in [3.8, 4) is 0 Å². The summed E-state index contributed by atoms with van der Waals surface area (Å²) < 4.78 is 0. The van der Waals surface area contributed by atoms with Crippen LogP contribution in [0.3, 0.4) is 0 Å². The van der Waals surface area contributed by atoms with E-state index in [1.807, 2.05) is 44.2 Å². The summed E-state index contributed by atoms with van der Waals surface area (Å²) in [6.45, 7) is 7.98. The zero-order valence-corrected chi connectivity index (χ0v) is 19.6. The molecule has 1 fully saturated rings. The van der Waals surface area contributed by atoms with Crippen LogP contribution < -0.4 is 10.6 Å². The molecule has 1 heterocycles. The fourth-order valence-electron chi connectivity index (χ4n) is 4.33. The number of hydrogen-bond acceptors (Lipinski definition) is 4. The van der Waals surface area contributed by atoms with Gasteiger partial charge in [-0.15, -0.1) is 0 Å². The molecule has 33 heavy (non-hydrogen) atoms. The highest BCUT2D eigenvalue weighted by Gasteiger charge is 2.18. The molecule has 0 spiro atoms. The average molecular weight is 445 g/mol. The van der Waals surface area contributed by atoms with Crippen molar-refractivity contribution in [2.24, 2.45) is 0 Å². The Morgan fingerprint density at radius 3 is 2.48 bits per heavy atom. The van der Waals surface area contributed by atoms with E-state index in [0.29, 0.717) is 17.8 Å². The van der Waals surface area contributed by atoms with E-state index in [0.717, 1.165) is 48.1 Å². The molecule has 1 aliphatic heterocycles. The molecule has 1 saturated heterocycles. The number of aryl methyl sites for hydroxylation is 1. The molecule has 0 bridgehead atoms. The average Bonchev–Trinajstić information content (AvgIpc) is 2.81. The summed E-state index contributed by atoms with van der Waals surface area (Å²) in [4.78, 5) is 30.1. The molecule has 3 aromatic carbocycles. The lowest BCUT2D eigenvalue weighted by molar-refractivity contribution is -0.117. The SMILES string of the molecule is Cc1ccc(NC(=O)CN2CCN(C)CC2)cc1C(=O)N[C@H](C)c1cccc2ccccc12. The van der Waals surface area contributed by atoms with Crippen LogP contribution in [0.2, 0.25) is 0 Å². The van der Waals surface area contributed by atoms with Gasteiger partial charge in [0.2, 0.25) is 5.91 Å². The van der Waals surface area contributed by atoms with Gasteiger partial charge in [-0.1, -0.05) is 48.5 Å². The Balaban J connectivity index is 1.43. The van der Waals surface area contributed by atoms with Crippen LogP contribution in [-0.2, 0) is 4.79 Å². The lowest BCUT2D eigenvalue weighted by atomic mass is 9.99. The third kappa shape index (κ3) is 5.59. The van der Waals surface area contributed by atoms with Gasteiger partial charge in [0, 0.05) is 37.4 Å². The summed E-state index contributed by atoms with van der Waals surface area (Å²) in [5.41, 5.74) is 3.16. The Morgan fingerprint density at radius 2 is 1.70 bits per heavy atom. The molecule has 6 heteroatoms. The van der Waals surface area contributed by atoms with Crippen molar-refractivity contribution in [3.63, 3.8) is 0 Å². The molecule has 4 rings (SSSR count). The lowest BCUT2D eigenvalue weighted by Crippen LogP contribution is -2.47. The third-order valence-electron chi connectivity index (χ3n) is 6.37. The number of carbonyl (C=O) groups excluding carboxylic acids is 2. The van der Waals surface area contributed by atoms with Crippen molar-refractivity contribution in [1.29, 1.82) is 0 Å². The summed E-state index contributed by atoms with van der Waals surface area (Å²) in [5.74, 6) is -0.206. The lowest BCUT2D eigenvalue weighted by Gasteiger charge is -2.31. The largest absolute Gasteiger partial charge is 0.345 e. The van der Waals surface area contributed by atoms with E-state index >= 15 is 0 Å². The number of piperazine rings is 1. The maximum Gasteiger partial charge on any atom is 0.252 e. The van der Waals surface area contributed by atoms with Gasteiger partial charge in [0.15, 0.2) is 0 Å². The van der Waals surface area contributed by atoms with Gasteiger partial charge < -0.3 is 15.5 Å². The predicted octanol–water partition coefficient (Wildman–Crippen LogP) is 3.83. The topological polar surface area (TPSA) is 64.7 Å². The number of nitrogens with one attached hydrogen (secondary N) is 2. The highest BCUT2D eigenvalue weighted by Crippen LogP contribution is 2.25. The first-order valence-corrected chi connectivity index (χ1v) is 11.5. The van der Waals surface area contributed by atoms with Gasteiger partial charge in [-0.3, -0.25) is 14.5 Å². The third-order valence-corrected chi connectivity index (χ3v) is 6.37. The maximum atomic E-state index is 13.1. The summed E-state index contributed by atoms with van der Waals surface area (Å²) >= 11 is 0. The van der Waals surface area contributed by atoms with E-state index in [1.54, 1.807) is 6.07 Å². The van der Waals surface area contributed by atoms with E-state index in [9.17, 15) is 9.59 Å². The minimum Gasteiger partial charge on any atom is -0.345 e. The Bertz CT molecular complexity index is 1150. The van der Waals surface area contributed by atoms with Gasteiger partial charge in [-0.2, -0.15) is 0 Å². The molecule has 172 valence electrons. The molecule has 0 aromatic heterocycles. The van der Waals surface area contributed by atoms with Crippen molar-refractivity contribution >= 4 is 28.3 Å². The number of anilines is 1. The van der Waals surface area contributed by atoms with Crippen LogP contribution in [0.4, 0.5) is 5.69 Å². The molecule has 1 atom stereocenters. The molecule has 2 amide bonds. The van der Waals surface area contributed by atoms with Gasteiger partial charge in [0.05, 0.1) is 12.6 Å². The fourth-order valence-corrected chi connectivity index (χ4v) is 4.33. The molecule has 6 nitrogen and oxygen atoms in total. The normalized spacial score (nSPS) is 15.8. The molecule has 3 aromatic rings. The highest BCUT2D eigenvalue weighted by atomic mass is 16.2. The molecular formula is C27H32N4O2. The van der Waals surface area contributed by atoms with Crippen LogP contribution in [-0.4, -0.2) is 61.4 Å². The number of nitrogens with zero attached hydrogens (tertiary/aromatic N) is 2. The Morgan fingerprint density at radius 1 is 0.970 bits per heavy atom. The number of rotatable bonds is 6. The molecule has 0 unspecified atom stereocenters. The Kier molecular flexibility index (Phi) is 7.06. The zero-order chi connectivity index (χ0) is 23.4. The molecule has 0 radical (unpaired) electrons. The molecule has 0 aliphatic carbocycles. The van der Waals surface area contributed by atoms with Gasteiger partial charge in [-0.05, 0) is 54.9 Å². The van der Waals surface area contributed by atoms with Crippen molar-refractivity contribution < 1.29 is 9.59 Å². The minimum atomic E-state index is -0.154. The first-order valence-electron chi connectivity index (χ1n) is 11.5. The number of hydrogen-bond donors (Lipinski definition) is 2. The smallest absolute Gasteiger partial charge is 0.252 e. The summed E-state index contributed by atoms with van der Waals surface area (Å²) in [6, 6.07) is 19.7. The van der Waals surface area contributed by atoms with Crippen LogP contribution in [0.1, 0.15) is 34.5 Å². The molecule has 0 saturated carbocycles. The number of amides is 2. The first kappa shape index (κ1) is 23.0.